The molecule has 0 aliphatic heterocycles. The smallest absolute Gasteiger partial charge is 0.118 e. The lowest BCUT2D eigenvalue weighted by Crippen LogP contribution is -2.32. The third kappa shape index (κ3) is 4.95. The van der Waals surface area contributed by atoms with E-state index >= 15 is 0 Å². The summed E-state index contributed by atoms with van der Waals surface area (Å²) in [4.78, 5) is 2.46. The van der Waals surface area contributed by atoms with Crippen molar-refractivity contribution in [2.45, 2.75) is 65.1 Å². The lowest BCUT2D eigenvalue weighted by molar-refractivity contribution is 0.173. The first kappa shape index (κ1) is 15.6. The topological polar surface area (TPSA) is 28.4 Å². The van der Waals surface area contributed by atoms with E-state index in [0.29, 0.717) is 5.92 Å². The Morgan fingerprint density at radius 1 is 1.30 bits per heavy atom. The van der Waals surface area contributed by atoms with Crippen LogP contribution in [0, 0.1) is 5.92 Å². The van der Waals surface area contributed by atoms with Crippen molar-refractivity contribution in [3.63, 3.8) is 0 Å². The minimum absolute atomic E-state index is 0.693. The number of furan rings is 1. The third-order valence-corrected chi connectivity index (χ3v) is 4.19. The van der Waals surface area contributed by atoms with Gasteiger partial charge in [0.2, 0.25) is 0 Å². The van der Waals surface area contributed by atoms with Crippen molar-refractivity contribution in [2.75, 3.05) is 13.6 Å². The second-order valence-corrected chi connectivity index (χ2v) is 6.65. The highest BCUT2D eigenvalue weighted by Gasteiger charge is 2.18. The number of nitrogens with one attached hydrogen (secondary N) is 1. The summed E-state index contributed by atoms with van der Waals surface area (Å²) in [5, 5.41) is 3.46. The molecule has 0 atom stereocenters. The van der Waals surface area contributed by atoms with Gasteiger partial charge in [-0.3, -0.25) is 4.90 Å². The van der Waals surface area contributed by atoms with Gasteiger partial charge in [-0.25, -0.2) is 0 Å². The van der Waals surface area contributed by atoms with Gasteiger partial charge in [-0.05, 0) is 38.4 Å². The maximum atomic E-state index is 5.70. The summed E-state index contributed by atoms with van der Waals surface area (Å²) >= 11 is 0. The van der Waals surface area contributed by atoms with Crippen LogP contribution in [0.1, 0.15) is 57.3 Å². The van der Waals surface area contributed by atoms with Crippen LogP contribution in [-0.4, -0.2) is 24.5 Å². The molecule has 3 nitrogen and oxygen atoms in total. The molecule has 0 bridgehead atoms. The second kappa shape index (κ2) is 7.84. The fraction of sp³-hybridized carbons (Fsp3) is 0.765. The molecule has 0 amide bonds. The summed E-state index contributed by atoms with van der Waals surface area (Å²) < 4.78 is 5.70. The van der Waals surface area contributed by atoms with Crippen LogP contribution in [0.2, 0.25) is 0 Å². The molecule has 1 fully saturated rings. The van der Waals surface area contributed by atoms with E-state index in [4.69, 9.17) is 4.42 Å². The van der Waals surface area contributed by atoms with E-state index < -0.39 is 0 Å². The van der Waals surface area contributed by atoms with Crippen LogP contribution in [0.5, 0.6) is 0 Å². The molecule has 1 heterocycles. The zero-order valence-corrected chi connectivity index (χ0v) is 13.3. The summed E-state index contributed by atoms with van der Waals surface area (Å²) in [6.45, 7) is 7.37. The monoisotopic (exact) mass is 278 g/mol. The predicted molar refractivity (Wildman–Crippen MR) is 83.6 cm³/mol. The molecular weight excluding hydrogens is 248 g/mol. The molecule has 1 aromatic rings. The van der Waals surface area contributed by atoms with Gasteiger partial charge in [0.25, 0.3) is 0 Å². The quantitative estimate of drug-likeness (QED) is 0.822. The normalized spacial score (nSPS) is 17.2. The molecule has 20 heavy (non-hydrogen) atoms. The highest BCUT2D eigenvalue weighted by Crippen LogP contribution is 2.23. The largest absolute Gasteiger partial charge is 0.468 e. The van der Waals surface area contributed by atoms with Crippen molar-refractivity contribution >= 4 is 0 Å². The van der Waals surface area contributed by atoms with Crippen LogP contribution < -0.4 is 5.32 Å². The molecule has 2 rings (SSSR count). The number of rotatable bonds is 7. The maximum Gasteiger partial charge on any atom is 0.118 e. The van der Waals surface area contributed by atoms with E-state index in [2.05, 4.69) is 37.2 Å². The molecule has 3 heteroatoms. The molecule has 114 valence electrons. The van der Waals surface area contributed by atoms with Crippen molar-refractivity contribution < 1.29 is 4.42 Å². The van der Waals surface area contributed by atoms with Gasteiger partial charge in [0.15, 0.2) is 0 Å². The fourth-order valence-electron chi connectivity index (χ4n) is 3.00. The van der Waals surface area contributed by atoms with Crippen LogP contribution in [0.15, 0.2) is 16.7 Å². The second-order valence-electron chi connectivity index (χ2n) is 6.65. The maximum absolute atomic E-state index is 5.70. The molecule has 1 N–H and O–H groups in total. The van der Waals surface area contributed by atoms with Gasteiger partial charge in [-0.15, -0.1) is 0 Å². The lowest BCUT2D eigenvalue weighted by Gasteiger charge is -2.30. The van der Waals surface area contributed by atoms with E-state index in [1.54, 1.807) is 0 Å². The Hall–Kier alpha value is -0.800. The molecule has 0 unspecified atom stereocenters. The van der Waals surface area contributed by atoms with Crippen LogP contribution in [0.3, 0.4) is 0 Å². The van der Waals surface area contributed by atoms with Crippen molar-refractivity contribution in [1.82, 2.24) is 10.2 Å². The van der Waals surface area contributed by atoms with E-state index in [-0.39, 0.29) is 0 Å². The molecule has 1 aliphatic rings. The molecule has 0 saturated heterocycles. The van der Waals surface area contributed by atoms with Gasteiger partial charge >= 0.3 is 0 Å². The minimum Gasteiger partial charge on any atom is -0.468 e. The van der Waals surface area contributed by atoms with Gasteiger partial charge in [-0.2, -0.15) is 0 Å². The Kier molecular flexibility index (Phi) is 6.11. The molecule has 1 aromatic heterocycles. The van der Waals surface area contributed by atoms with E-state index in [1.165, 1.54) is 37.7 Å². The Balaban J connectivity index is 1.76. The molecule has 0 aromatic carbocycles. The Labute approximate surface area is 123 Å². The third-order valence-electron chi connectivity index (χ3n) is 4.19. The zero-order chi connectivity index (χ0) is 14.4. The van der Waals surface area contributed by atoms with Crippen molar-refractivity contribution in [2.24, 2.45) is 5.92 Å². The number of hydrogen-bond donors (Lipinski definition) is 1. The summed E-state index contributed by atoms with van der Waals surface area (Å²) in [5.41, 5.74) is 1.26. The van der Waals surface area contributed by atoms with Crippen LogP contribution in [-0.2, 0) is 13.1 Å². The van der Waals surface area contributed by atoms with Crippen molar-refractivity contribution in [3.05, 3.63) is 23.7 Å². The predicted octanol–water partition coefficient (Wildman–Crippen LogP) is 3.79. The first-order valence-corrected chi connectivity index (χ1v) is 8.12. The van der Waals surface area contributed by atoms with Crippen LogP contribution in [0.4, 0.5) is 0 Å². The van der Waals surface area contributed by atoms with Gasteiger partial charge in [0.05, 0.1) is 12.8 Å². The lowest BCUT2D eigenvalue weighted by atomic mass is 9.94. The Morgan fingerprint density at radius 2 is 2.05 bits per heavy atom. The molecule has 1 saturated carbocycles. The number of nitrogens with zero attached hydrogens (tertiary/aromatic N) is 1. The first-order valence-electron chi connectivity index (χ1n) is 8.12. The van der Waals surface area contributed by atoms with E-state index in [9.17, 15) is 0 Å². The molecule has 0 spiro atoms. The fourth-order valence-corrected chi connectivity index (χ4v) is 3.00. The minimum atomic E-state index is 0.693. The SMILES string of the molecule is CC(C)CNCc1coc(CN(C)C2CCCCC2)c1. The van der Waals surface area contributed by atoms with Crippen LogP contribution in [0.25, 0.3) is 0 Å². The Morgan fingerprint density at radius 3 is 2.75 bits per heavy atom. The summed E-state index contributed by atoms with van der Waals surface area (Å²) in [7, 11) is 2.23. The Bertz CT molecular complexity index is 380. The van der Waals surface area contributed by atoms with E-state index in [0.717, 1.165) is 31.4 Å². The average Bonchev–Trinajstić information content (AvgIpc) is 2.87. The molecule has 0 radical (unpaired) electrons. The molecular formula is C17H30N2O. The zero-order valence-electron chi connectivity index (χ0n) is 13.3. The first-order chi connectivity index (χ1) is 9.65. The van der Waals surface area contributed by atoms with Crippen LogP contribution >= 0.6 is 0 Å². The summed E-state index contributed by atoms with van der Waals surface area (Å²) in [5.74, 6) is 1.79. The highest BCUT2D eigenvalue weighted by atomic mass is 16.3. The number of hydrogen-bond acceptors (Lipinski definition) is 3. The van der Waals surface area contributed by atoms with Gasteiger partial charge < -0.3 is 9.73 Å². The average molecular weight is 278 g/mol. The van der Waals surface area contributed by atoms with E-state index in [1.807, 2.05) is 6.26 Å². The highest BCUT2D eigenvalue weighted by molar-refractivity contribution is 5.12. The summed E-state index contributed by atoms with van der Waals surface area (Å²) in [6, 6.07) is 2.95. The molecule has 1 aliphatic carbocycles. The summed E-state index contributed by atoms with van der Waals surface area (Å²) in [6.07, 6.45) is 8.78. The van der Waals surface area contributed by atoms with Crippen molar-refractivity contribution in [1.29, 1.82) is 0 Å². The van der Waals surface area contributed by atoms with Gasteiger partial charge in [0, 0.05) is 18.2 Å². The van der Waals surface area contributed by atoms with Gasteiger partial charge in [-0.1, -0.05) is 33.1 Å². The van der Waals surface area contributed by atoms with Crippen molar-refractivity contribution in [3.8, 4) is 0 Å². The van der Waals surface area contributed by atoms with Gasteiger partial charge in [0.1, 0.15) is 5.76 Å². The standard InChI is InChI=1S/C17H30N2O/c1-14(2)10-18-11-15-9-17(20-13-15)12-19(3)16-7-5-4-6-8-16/h9,13-14,16,18H,4-8,10-12H2,1-3H3.